The van der Waals surface area contributed by atoms with Gasteiger partial charge in [0.2, 0.25) is 0 Å². The van der Waals surface area contributed by atoms with E-state index in [9.17, 15) is 4.79 Å². The van der Waals surface area contributed by atoms with Gasteiger partial charge in [0.15, 0.2) is 0 Å². The van der Waals surface area contributed by atoms with Crippen LogP contribution in [-0.2, 0) is 10.2 Å². The zero-order valence-corrected chi connectivity index (χ0v) is 14.1. The highest BCUT2D eigenvalue weighted by Gasteiger charge is 2.58. The molecule has 4 rings (SSSR count). The van der Waals surface area contributed by atoms with Crippen molar-refractivity contribution in [2.24, 2.45) is 5.92 Å². The van der Waals surface area contributed by atoms with E-state index in [0.29, 0.717) is 12.2 Å². The topological polar surface area (TPSA) is 17.1 Å². The van der Waals surface area contributed by atoms with E-state index in [2.05, 4.69) is 71.9 Å². The predicted octanol–water partition coefficient (Wildman–Crippen LogP) is 5.11. The fraction of sp³-hybridized carbons (Fsp3) is 0.250. The summed E-state index contributed by atoms with van der Waals surface area (Å²) in [6.07, 6.45) is 0.607. The Bertz CT molecular complexity index is 790. The molecule has 2 heteroatoms. The van der Waals surface area contributed by atoms with E-state index >= 15 is 0 Å². The van der Waals surface area contributed by atoms with Gasteiger partial charge in [0, 0.05) is 22.2 Å². The molecule has 0 spiro atoms. The summed E-state index contributed by atoms with van der Waals surface area (Å²) in [7, 11) is 0. The molecular weight excluding hydrogens is 336 g/mol. The molecule has 22 heavy (non-hydrogen) atoms. The Labute approximate surface area is 139 Å². The maximum absolute atomic E-state index is 12.7. The number of hydrogen-bond donors (Lipinski definition) is 0. The molecule has 110 valence electrons. The minimum atomic E-state index is -0.168. The summed E-state index contributed by atoms with van der Waals surface area (Å²) >= 11 is 3.49. The van der Waals surface area contributed by atoms with Crippen molar-refractivity contribution in [2.45, 2.75) is 24.7 Å². The molecule has 1 nitrogen and oxygen atoms in total. The second kappa shape index (κ2) is 4.66. The first-order valence-corrected chi connectivity index (χ1v) is 8.39. The van der Waals surface area contributed by atoms with Crippen LogP contribution in [0.15, 0.2) is 59.6 Å². The Balaban J connectivity index is 1.91. The van der Waals surface area contributed by atoms with Crippen LogP contribution in [-0.4, -0.2) is 5.78 Å². The Morgan fingerprint density at radius 1 is 1.14 bits per heavy atom. The van der Waals surface area contributed by atoms with E-state index in [1.807, 2.05) is 6.07 Å². The van der Waals surface area contributed by atoms with Gasteiger partial charge >= 0.3 is 0 Å². The van der Waals surface area contributed by atoms with E-state index in [4.69, 9.17) is 0 Å². The van der Waals surface area contributed by atoms with Gasteiger partial charge in [0.05, 0.1) is 5.92 Å². The van der Waals surface area contributed by atoms with Crippen LogP contribution in [0.1, 0.15) is 36.0 Å². The molecule has 2 aromatic carbocycles. The molecule has 0 aromatic heterocycles. The molecule has 0 bridgehead atoms. The fourth-order valence-electron chi connectivity index (χ4n) is 4.51. The van der Waals surface area contributed by atoms with Crippen molar-refractivity contribution < 1.29 is 4.79 Å². The van der Waals surface area contributed by atoms with Gasteiger partial charge in [-0.25, -0.2) is 0 Å². The van der Waals surface area contributed by atoms with Crippen molar-refractivity contribution in [3.63, 3.8) is 0 Å². The molecular formula is C20H17BrO. The lowest BCUT2D eigenvalue weighted by molar-refractivity contribution is -0.119. The van der Waals surface area contributed by atoms with Crippen molar-refractivity contribution >= 4 is 27.3 Å². The maximum atomic E-state index is 12.7. The van der Waals surface area contributed by atoms with Gasteiger partial charge in [-0.15, -0.1) is 0 Å². The third kappa shape index (κ3) is 1.67. The van der Waals surface area contributed by atoms with E-state index in [-0.39, 0.29) is 17.3 Å². The first-order chi connectivity index (χ1) is 10.5. The molecule has 1 fully saturated rings. The third-order valence-electron chi connectivity index (χ3n) is 5.53. The van der Waals surface area contributed by atoms with Crippen molar-refractivity contribution in [1.82, 2.24) is 0 Å². The smallest absolute Gasteiger partial charge is 0.141 e. The Hall–Kier alpha value is -1.67. The van der Waals surface area contributed by atoms with Crippen molar-refractivity contribution in [2.75, 3.05) is 0 Å². The highest BCUT2D eigenvalue weighted by Crippen LogP contribution is 2.61. The summed E-state index contributed by atoms with van der Waals surface area (Å²) < 4.78 is 1.07. The van der Waals surface area contributed by atoms with Crippen LogP contribution < -0.4 is 0 Å². The highest BCUT2D eigenvalue weighted by atomic mass is 79.9. The largest absolute Gasteiger partial charge is 0.299 e. The summed E-state index contributed by atoms with van der Waals surface area (Å²) in [6.45, 7) is 6.49. The molecule has 0 N–H and O–H groups in total. The zero-order valence-electron chi connectivity index (χ0n) is 12.5. The molecule has 0 heterocycles. The lowest BCUT2D eigenvalue weighted by Gasteiger charge is -2.32. The lowest BCUT2D eigenvalue weighted by Crippen LogP contribution is -2.29. The average molecular weight is 353 g/mol. The summed E-state index contributed by atoms with van der Waals surface area (Å²) in [4.78, 5) is 12.7. The monoisotopic (exact) mass is 352 g/mol. The number of ketones is 1. The van der Waals surface area contributed by atoms with Crippen LogP contribution in [0.4, 0.5) is 0 Å². The van der Waals surface area contributed by atoms with E-state index < -0.39 is 0 Å². The fourth-order valence-corrected chi connectivity index (χ4v) is 4.78. The van der Waals surface area contributed by atoms with Crippen LogP contribution in [0.25, 0.3) is 5.57 Å². The number of carbonyl (C=O) groups is 1. The number of benzene rings is 2. The molecule has 2 aliphatic carbocycles. The van der Waals surface area contributed by atoms with Gasteiger partial charge in [0.25, 0.3) is 0 Å². The number of carbonyl (C=O) groups excluding carboxylic acids is 1. The number of halogens is 1. The number of allylic oxidation sites excluding steroid dienone is 1. The third-order valence-corrected chi connectivity index (χ3v) is 6.05. The first-order valence-electron chi connectivity index (χ1n) is 7.60. The molecule has 0 unspecified atom stereocenters. The Kier molecular flexibility index (Phi) is 2.96. The highest BCUT2D eigenvalue weighted by molar-refractivity contribution is 9.10. The molecule has 0 aliphatic heterocycles. The number of fused-ring (bicyclic) bond motifs is 3. The molecule has 2 aromatic rings. The molecule has 1 saturated carbocycles. The summed E-state index contributed by atoms with van der Waals surface area (Å²) in [5, 5.41) is 0. The summed E-state index contributed by atoms with van der Waals surface area (Å²) in [6, 6.07) is 16.8. The normalized spacial score (nSPS) is 29.5. The van der Waals surface area contributed by atoms with Crippen molar-refractivity contribution in [1.29, 1.82) is 0 Å². The van der Waals surface area contributed by atoms with Crippen LogP contribution >= 0.6 is 15.9 Å². The van der Waals surface area contributed by atoms with Crippen molar-refractivity contribution in [3.8, 4) is 0 Å². The number of rotatable bonds is 1. The number of hydrogen-bond acceptors (Lipinski definition) is 1. The van der Waals surface area contributed by atoms with Gasteiger partial charge in [-0.2, -0.15) is 0 Å². The maximum Gasteiger partial charge on any atom is 0.141 e. The molecule has 3 atom stereocenters. The molecule has 0 radical (unpaired) electrons. The van der Waals surface area contributed by atoms with Crippen LogP contribution in [0.5, 0.6) is 0 Å². The van der Waals surface area contributed by atoms with E-state index in [0.717, 1.165) is 10.0 Å². The van der Waals surface area contributed by atoms with Gasteiger partial charge in [-0.05, 0) is 34.4 Å². The van der Waals surface area contributed by atoms with E-state index in [1.54, 1.807) is 0 Å². The van der Waals surface area contributed by atoms with Crippen molar-refractivity contribution in [3.05, 3.63) is 76.3 Å². The quantitative estimate of drug-likeness (QED) is 0.697. The summed E-state index contributed by atoms with van der Waals surface area (Å²) in [5.74, 6) is 0.480. The zero-order chi connectivity index (χ0) is 15.5. The molecule has 2 aliphatic rings. The lowest BCUT2D eigenvalue weighted by atomic mass is 9.70. The minimum Gasteiger partial charge on any atom is -0.299 e. The molecule has 0 saturated heterocycles. The van der Waals surface area contributed by atoms with E-state index in [1.165, 1.54) is 16.7 Å². The first kappa shape index (κ1) is 14.0. The molecule has 0 amide bonds. The van der Waals surface area contributed by atoms with Gasteiger partial charge in [-0.1, -0.05) is 65.8 Å². The predicted molar refractivity (Wildman–Crippen MR) is 92.8 cm³/mol. The van der Waals surface area contributed by atoms with Gasteiger partial charge in [0.1, 0.15) is 5.78 Å². The SMILES string of the molecule is C=C1c2ccccc2[C@@]2(C)[C@@H]1C(=O)C[C@H]2c1ccc(Br)cc1. The summed E-state index contributed by atoms with van der Waals surface area (Å²) in [5.41, 5.74) is 4.53. The average Bonchev–Trinajstić information content (AvgIpc) is 2.92. The standard InChI is InChI=1S/C20H17BrO/c1-12-15-5-3-4-6-16(15)20(2)17(11-18(22)19(12)20)13-7-9-14(21)10-8-13/h3-10,17,19H,1,11H2,2H3/t17-,19-,20+/m0/s1. The van der Waals surface area contributed by atoms with Gasteiger partial charge in [-0.3, -0.25) is 4.79 Å². The van der Waals surface area contributed by atoms with Gasteiger partial charge < -0.3 is 0 Å². The van der Waals surface area contributed by atoms with Crippen LogP contribution in [0.3, 0.4) is 0 Å². The Morgan fingerprint density at radius 2 is 1.82 bits per heavy atom. The van der Waals surface area contributed by atoms with Crippen LogP contribution in [0.2, 0.25) is 0 Å². The number of Topliss-reactive ketones (excluding diaryl/α,β-unsaturated/α-hetero) is 1. The second-order valence-electron chi connectivity index (χ2n) is 6.56. The second-order valence-corrected chi connectivity index (χ2v) is 7.48. The minimum absolute atomic E-state index is 0.0708. The van der Waals surface area contributed by atoms with Crippen LogP contribution in [0, 0.1) is 5.92 Å². The Morgan fingerprint density at radius 3 is 2.55 bits per heavy atom.